The Morgan fingerprint density at radius 2 is 1.61 bits per heavy atom. The van der Waals surface area contributed by atoms with E-state index in [1.807, 2.05) is 36.4 Å². The van der Waals surface area contributed by atoms with Gasteiger partial charge < -0.3 is 20.5 Å². The number of amides is 2. The molecule has 5 rings (SSSR count). The van der Waals surface area contributed by atoms with Gasteiger partial charge in [0.25, 0.3) is 0 Å². The maximum Gasteiger partial charge on any atom is 0.407 e. The summed E-state index contributed by atoms with van der Waals surface area (Å²) in [6, 6.07) is 15.2. The van der Waals surface area contributed by atoms with Crippen molar-refractivity contribution >= 4 is 18.0 Å². The van der Waals surface area contributed by atoms with Crippen LogP contribution in [0.25, 0.3) is 11.1 Å². The first-order valence-corrected chi connectivity index (χ1v) is 11.5. The van der Waals surface area contributed by atoms with Gasteiger partial charge in [0.15, 0.2) is 0 Å². The fourth-order valence-corrected chi connectivity index (χ4v) is 5.78. The second kappa shape index (κ2) is 7.90. The van der Waals surface area contributed by atoms with Gasteiger partial charge in [0, 0.05) is 5.92 Å². The number of carboxylic acids is 1. The van der Waals surface area contributed by atoms with Crippen LogP contribution in [0.5, 0.6) is 0 Å². The number of hydrogen-bond donors (Lipinski definition) is 3. The molecular formula is C26H28N2O5. The van der Waals surface area contributed by atoms with Gasteiger partial charge in [-0.1, -0.05) is 55.0 Å². The lowest BCUT2D eigenvalue weighted by Crippen LogP contribution is -2.69. The predicted octanol–water partition coefficient (Wildman–Crippen LogP) is 3.82. The lowest BCUT2D eigenvalue weighted by Gasteiger charge is -2.59. The summed E-state index contributed by atoms with van der Waals surface area (Å²) in [5, 5.41) is 14.9. The van der Waals surface area contributed by atoms with Crippen LogP contribution in [0.3, 0.4) is 0 Å². The second-order valence-electron chi connectivity index (χ2n) is 9.78. The number of benzene rings is 2. The lowest BCUT2D eigenvalue weighted by molar-refractivity contribution is -0.165. The molecule has 0 saturated heterocycles. The van der Waals surface area contributed by atoms with Crippen LogP contribution in [-0.2, 0) is 14.3 Å². The van der Waals surface area contributed by atoms with Crippen LogP contribution in [0.4, 0.5) is 4.79 Å². The minimum absolute atomic E-state index is 0.0730. The number of carbonyl (C=O) groups excluding carboxylic acids is 2. The largest absolute Gasteiger partial charge is 0.480 e. The van der Waals surface area contributed by atoms with E-state index in [9.17, 15) is 19.5 Å². The number of carboxylic acid groups (broad SMARTS) is 1. The molecule has 1 atom stereocenters. The van der Waals surface area contributed by atoms with E-state index in [1.54, 1.807) is 0 Å². The summed E-state index contributed by atoms with van der Waals surface area (Å²) in [5.41, 5.74) is 3.34. The highest BCUT2D eigenvalue weighted by Gasteiger charge is 2.62. The van der Waals surface area contributed by atoms with Crippen molar-refractivity contribution in [2.45, 2.75) is 56.5 Å². The second-order valence-corrected chi connectivity index (χ2v) is 9.78. The molecule has 0 radical (unpaired) electrons. The molecule has 0 bridgehead atoms. The standard InChI is InChI=1S/C26H28N2O5/c1-16(22(29)28-26(23(30)31)14-25(15-26)11-6-12-25)27-24(32)33-13-21-19-9-4-2-7-17(19)18-8-3-5-10-20(18)21/h2-5,7-10,16,21H,6,11-15H2,1H3,(H,27,32)(H,28,29)(H,30,31)/t16-/m0/s1. The molecule has 3 aliphatic carbocycles. The minimum atomic E-state index is -1.23. The van der Waals surface area contributed by atoms with E-state index in [1.165, 1.54) is 6.92 Å². The number of carbonyl (C=O) groups is 3. The van der Waals surface area contributed by atoms with Crippen molar-refractivity contribution in [1.29, 1.82) is 0 Å². The summed E-state index contributed by atoms with van der Waals surface area (Å²) < 4.78 is 5.49. The molecule has 2 aromatic rings. The molecule has 7 heteroatoms. The molecule has 2 aromatic carbocycles. The third kappa shape index (κ3) is 3.65. The lowest BCUT2D eigenvalue weighted by atomic mass is 9.48. The maximum atomic E-state index is 12.7. The Labute approximate surface area is 192 Å². The molecule has 0 heterocycles. The van der Waals surface area contributed by atoms with E-state index < -0.39 is 29.6 Å². The summed E-state index contributed by atoms with van der Waals surface area (Å²) in [5.74, 6) is -1.60. The molecule has 2 fully saturated rings. The van der Waals surface area contributed by atoms with E-state index in [0.29, 0.717) is 12.8 Å². The Morgan fingerprint density at radius 3 is 2.12 bits per heavy atom. The Balaban J connectivity index is 1.18. The highest BCUT2D eigenvalue weighted by atomic mass is 16.5. The SMILES string of the molecule is C[C@H](NC(=O)OCC1c2ccccc2-c2ccccc21)C(=O)NC1(C(=O)O)CC2(CCC2)C1. The zero-order chi connectivity index (χ0) is 23.2. The number of ether oxygens (including phenoxy) is 1. The van der Waals surface area contributed by atoms with Crippen molar-refractivity contribution < 1.29 is 24.2 Å². The molecular weight excluding hydrogens is 420 g/mol. The number of alkyl carbamates (subject to hydrolysis) is 1. The third-order valence-electron chi connectivity index (χ3n) is 7.61. The Hall–Kier alpha value is -3.35. The number of aliphatic carboxylic acids is 1. The number of rotatable bonds is 6. The highest BCUT2D eigenvalue weighted by molar-refractivity contribution is 5.92. The average molecular weight is 449 g/mol. The molecule has 0 aromatic heterocycles. The van der Waals surface area contributed by atoms with Gasteiger partial charge in [-0.2, -0.15) is 0 Å². The monoisotopic (exact) mass is 448 g/mol. The van der Waals surface area contributed by atoms with E-state index >= 15 is 0 Å². The molecule has 3 aliphatic rings. The van der Waals surface area contributed by atoms with Gasteiger partial charge >= 0.3 is 12.1 Å². The van der Waals surface area contributed by atoms with Crippen molar-refractivity contribution in [2.75, 3.05) is 6.61 Å². The van der Waals surface area contributed by atoms with Crippen molar-refractivity contribution in [3.05, 3.63) is 59.7 Å². The van der Waals surface area contributed by atoms with Gasteiger partial charge in [0.05, 0.1) is 0 Å². The fourth-order valence-electron chi connectivity index (χ4n) is 5.78. The van der Waals surface area contributed by atoms with Gasteiger partial charge in [-0.15, -0.1) is 0 Å². The first-order valence-electron chi connectivity index (χ1n) is 11.5. The zero-order valence-corrected chi connectivity index (χ0v) is 18.6. The van der Waals surface area contributed by atoms with Crippen molar-refractivity contribution in [3.8, 4) is 11.1 Å². The molecule has 7 nitrogen and oxygen atoms in total. The maximum absolute atomic E-state index is 12.7. The fraction of sp³-hybridized carbons (Fsp3) is 0.423. The highest BCUT2D eigenvalue weighted by Crippen LogP contribution is 2.60. The molecule has 3 N–H and O–H groups in total. The van der Waals surface area contributed by atoms with Crippen molar-refractivity contribution in [2.24, 2.45) is 5.41 Å². The molecule has 33 heavy (non-hydrogen) atoms. The Kier molecular flexibility index (Phi) is 5.15. The molecule has 1 spiro atoms. The number of fused-ring (bicyclic) bond motifs is 3. The summed E-state index contributed by atoms with van der Waals surface area (Å²) in [6.45, 7) is 1.68. The van der Waals surface area contributed by atoms with Crippen LogP contribution in [-0.4, -0.2) is 41.3 Å². The summed E-state index contributed by atoms with van der Waals surface area (Å²) in [4.78, 5) is 36.9. The first kappa shape index (κ1) is 21.5. The van der Waals surface area contributed by atoms with Crippen molar-refractivity contribution in [3.63, 3.8) is 0 Å². The van der Waals surface area contributed by atoms with Crippen LogP contribution in [0.1, 0.15) is 56.1 Å². The van der Waals surface area contributed by atoms with Gasteiger partial charge in [0.1, 0.15) is 18.2 Å². The summed E-state index contributed by atoms with van der Waals surface area (Å²) in [6.07, 6.45) is 3.37. The first-order chi connectivity index (χ1) is 15.8. The van der Waals surface area contributed by atoms with E-state index in [0.717, 1.165) is 41.5 Å². The molecule has 0 unspecified atom stereocenters. The normalized spacial score (nSPS) is 19.9. The number of hydrogen-bond acceptors (Lipinski definition) is 4. The van der Waals surface area contributed by atoms with E-state index in [2.05, 4.69) is 22.8 Å². The number of nitrogens with one attached hydrogen (secondary N) is 2. The van der Waals surface area contributed by atoms with Crippen LogP contribution < -0.4 is 10.6 Å². The van der Waals surface area contributed by atoms with Gasteiger partial charge in [0.2, 0.25) is 5.91 Å². The van der Waals surface area contributed by atoms with Crippen molar-refractivity contribution in [1.82, 2.24) is 10.6 Å². The van der Waals surface area contributed by atoms with Gasteiger partial charge in [-0.3, -0.25) is 4.79 Å². The van der Waals surface area contributed by atoms with Gasteiger partial charge in [-0.25, -0.2) is 9.59 Å². The predicted molar refractivity (Wildman–Crippen MR) is 122 cm³/mol. The van der Waals surface area contributed by atoms with E-state index in [-0.39, 0.29) is 17.9 Å². The summed E-state index contributed by atoms with van der Waals surface area (Å²) >= 11 is 0. The summed E-state index contributed by atoms with van der Waals surface area (Å²) in [7, 11) is 0. The van der Waals surface area contributed by atoms with Crippen LogP contribution in [0.2, 0.25) is 0 Å². The smallest absolute Gasteiger partial charge is 0.407 e. The average Bonchev–Trinajstić information content (AvgIpc) is 3.06. The van der Waals surface area contributed by atoms with Crippen LogP contribution in [0, 0.1) is 5.41 Å². The van der Waals surface area contributed by atoms with Crippen LogP contribution >= 0.6 is 0 Å². The third-order valence-corrected chi connectivity index (χ3v) is 7.61. The Bertz CT molecular complexity index is 1070. The Morgan fingerprint density at radius 1 is 1.03 bits per heavy atom. The van der Waals surface area contributed by atoms with E-state index in [4.69, 9.17) is 4.74 Å². The molecule has 2 amide bonds. The molecule has 2 saturated carbocycles. The quantitative estimate of drug-likeness (QED) is 0.623. The molecule has 172 valence electrons. The minimum Gasteiger partial charge on any atom is -0.480 e. The van der Waals surface area contributed by atoms with Crippen LogP contribution in [0.15, 0.2) is 48.5 Å². The van der Waals surface area contributed by atoms with Gasteiger partial charge in [-0.05, 0) is 60.3 Å². The zero-order valence-electron chi connectivity index (χ0n) is 18.6. The topological polar surface area (TPSA) is 105 Å². The molecule has 0 aliphatic heterocycles.